The Balaban J connectivity index is 0.000000165. The van der Waals surface area contributed by atoms with Crippen molar-refractivity contribution >= 4 is 17.1 Å². The van der Waals surface area contributed by atoms with Gasteiger partial charge in [0, 0.05) is 42.0 Å². The number of nitrogens with zero attached hydrogens (tertiary/aromatic N) is 3. The molecule has 4 fully saturated rings. The quantitative estimate of drug-likeness (QED) is 0.151. The summed E-state index contributed by atoms with van der Waals surface area (Å²) < 4.78 is 0. The van der Waals surface area contributed by atoms with E-state index in [0.29, 0.717) is 17.4 Å². The Bertz CT molecular complexity index is 2120. The SMILES string of the molecule is Cc1cc2c(c(C)c1N)[C@@]1(C)CCN(CC3CC3)C(C2)[C@@H]1C.Cc1cc2c(c(C)c1N=C(c1ccccc1)c1ccccc1)[C@@]1(C)CCN(CC3CC3)C(C2)[C@@H]1C. The standard InChI is InChI=1S/C33H38N2.C20H30N2/c1-22-19-28-20-29-24(3)33(4,17-18-35(29)21-25-15-16-25)30(28)23(2)31(22)34-32(26-11-7-5-8-12-26)27-13-9-6-10-14-27;1-12-9-16-10-17-14(3)20(4,18(16)13(2)19(12)21)7-8-22(17)11-15-5-6-15/h5-14,19,24-25,29H,15-18,20-21H2,1-4H3;9,14-15,17H,5-8,10-11,21H2,1-4H3/t24-,29?,33-;14-,17?,20-/m00/s1. The molecule has 300 valence electrons. The Labute approximate surface area is 344 Å². The van der Waals surface area contributed by atoms with Crippen molar-refractivity contribution in [1.29, 1.82) is 0 Å². The second-order valence-corrected chi connectivity index (χ2v) is 20.0. The minimum Gasteiger partial charge on any atom is -0.398 e. The lowest BCUT2D eigenvalue weighted by molar-refractivity contribution is 0.0281. The van der Waals surface area contributed by atoms with Crippen molar-refractivity contribution in [3.05, 3.63) is 128 Å². The number of aryl methyl sites for hydroxylation is 2. The topological polar surface area (TPSA) is 44.9 Å². The summed E-state index contributed by atoms with van der Waals surface area (Å²) in [6.45, 7) is 24.2. The van der Waals surface area contributed by atoms with Crippen LogP contribution in [0.1, 0.15) is 122 Å². The lowest BCUT2D eigenvalue weighted by Gasteiger charge is -2.55. The van der Waals surface area contributed by atoms with Crippen molar-refractivity contribution in [3.8, 4) is 0 Å². The fourth-order valence-electron chi connectivity index (χ4n) is 12.3. The number of nitrogens with two attached hydrogens (primary N) is 1. The predicted octanol–water partition coefficient (Wildman–Crippen LogP) is 11.2. The maximum Gasteiger partial charge on any atom is 0.0781 e. The van der Waals surface area contributed by atoms with Crippen LogP contribution in [0.4, 0.5) is 11.4 Å². The number of likely N-dealkylation sites (tertiary alicyclic amines) is 2. The highest BCUT2D eigenvalue weighted by Gasteiger charge is 2.51. The van der Waals surface area contributed by atoms with Crippen LogP contribution >= 0.6 is 0 Å². The molecule has 57 heavy (non-hydrogen) atoms. The number of rotatable bonds is 7. The van der Waals surface area contributed by atoms with Gasteiger partial charge in [-0.1, -0.05) is 100 Å². The summed E-state index contributed by atoms with van der Waals surface area (Å²) in [6, 6.07) is 27.6. The molecule has 0 amide bonds. The third-order valence-electron chi connectivity index (χ3n) is 16.4. The van der Waals surface area contributed by atoms with Crippen LogP contribution in [0.2, 0.25) is 0 Å². The number of nitrogen functional groups attached to an aromatic ring is 1. The third kappa shape index (κ3) is 6.91. The van der Waals surface area contributed by atoms with Gasteiger partial charge in [-0.25, -0.2) is 4.99 Å². The Morgan fingerprint density at radius 3 is 1.54 bits per heavy atom. The van der Waals surface area contributed by atoms with E-state index in [1.807, 2.05) is 0 Å². The van der Waals surface area contributed by atoms with E-state index in [2.05, 4.69) is 138 Å². The van der Waals surface area contributed by atoms with Gasteiger partial charge in [0.2, 0.25) is 0 Å². The molecule has 2 unspecified atom stereocenters. The van der Waals surface area contributed by atoms with E-state index in [-0.39, 0.29) is 5.41 Å². The zero-order valence-corrected chi connectivity index (χ0v) is 36.3. The van der Waals surface area contributed by atoms with E-state index in [4.69, 9.17) is 10.7 Å². The molecule has 2 aliphatic heterocycles. The molecule has 0 radical (unpaired) electrons. The summed E-state index contributed by atoms with van der Waals surface area (Å²) in [7, 11) is 0. The molecule has 0 aromatic heterocycles. The third-order valence-corrected chi connectivity index (χ3v) is 16.4. The molecule has 6 atom stereocenters. The average molecular weight is 761 g/mol. The lowest BCUT2D eigenvalue weighted by Crippen LogP contribution is -2.58. The molecule has 4 bridgehead atoms. The molecule has 4 aromatic rings. The van der Waals surface area contributed by atoms with Gasteiger partial charge in [0.05, 0.1) is 11.4 Å². The van der Waals surface area contributed by atoms with Crippen LogP contribution < -0.4 is 5.73 Å². The number of piperidine rings is 2. The van der Waals surface area contributed by atoms with Gasteiger partial charge in [-0.2, -0.15) is 0 Å². The van der Waals surface area contributed by atoms with Crippen molar-refractivity contribution in [2.24, 2.45) is 28.7 Å². The first-order valence-electron chi connectivity index (χ1n) is 22.6. The highest BCUT2D eigenvalue weighted by atomic mass is 15.2. The number of benzene rings is 4. The van der Waals surface area contributed by atoms with Gasteiger partial charge in [0.15, 0.2) is 0 Å². The molecule has 0 spiro atoms. The molecule has 10 rings (SSSR count). The second kappa shape index (κ2) is 14.8. The van der Waals surface area contributed by atoms with Crippen LogP contribution in [-0.4, -0.2) is 53.8 Å². The first-order chi connectivity index (χ1) is 27.4. The normalized spacial score (nSPS) is 29.1. The molecule has 4 heteroatoms. The number of hydrogen-bond acceptors (Lipinski definition) is 4. The largest absolute Gasteiger partial charge is 0.398 e. The van der Waals surface area contributed by atoms with Gasteiger partial charge >= 0.3 is 0 Å². The van der Waals surface area contributed by atoms with Gasteiger partial charge < -0.3 is 5.73 Å². The molecule has 6 aliphatic rings. The van der Waals surface area contributed by atoms with Gasteiger partial charge in [-0.15, -0.1) is 0 Å². The first kappa shape index (κ1) is 38.8. The number of aliphatic imine (C=N–C) groups is 1. The second-order valence-electron chi connectivity index (χ2n) is 20.0. The molecular weight excluding hydrogens is 693 g/mol. The van der Waals surface area contributed by atoms with Gasteiger partial charge in [0.25, 0.3) is 0 Å². The van der Waals surface area contributed by atoms with Crippen molar-refractivity contribution < 1.29 is 0 Å². The molecule has 2 saturated heterocycles. The average Bonchev–Trinajstić information content (AvgIpc) is 4.14. The van der Waals surface area contributed by atoms with Crippen molar-refractivity contribution in [1.82, 2.24) is 9.80 Å². The maximum absolute atomic E-state index is 6.37. The summed E-state index contributed by atoms with van der Waals surface area (Å²) in [5.74, 6) is 3.35. The van der Waals surface area contributed by atoms with Gasteiger partial charge in [-0.3, -0.25) is 9.80 Å². The van der Waals surface area contributed by atoms with E-state index in [0.717, 1.165) is 35.2 Å². The molecule has 2 saturated carbocycles. The van der Waals surface area contributed by atoms with E-state index in [9.17, 15) is 0 Å². The Kier molecular flexibility index (Phi) is 10.1. The van der Waals surface area contributed by atoms with Crippen LogP contribution in [0.25, 0.3) is 0 Å². The van der Waals surface area contributed by atoms with E-state index in [1.165, 1.54) is 117 Å². The predicted molar refractivity (Wildman–Crippen MR) is 240 cm³/mol. The summed E-state index contributed by atoms with van der Waals surface area (Å²) in [6.07, 6.45) is 10.7. The minimum atomic E-state index is 0.222. The molecule has 2 heterocycles. The van der Waals surface area contributed by atoms with Crippen LogP contribution in [0.5, 0.6) is 0 Å². The molecule has 4 nitrogen and oxygen atoms in total. The fraction of sp³-hybridized carbons (Fsp3) is 0.528. The molecule has 4 aromatic carbocycles. The Morgan fingerprint density at radius 1 is 0.649 bits per heavy atom. The Hall–Kier alpha value is -3.73. The van der Waals surface area contributed by atoms with Crippen LogP contribution in [-0.2, 0) is 23.7 Å². The monoisotopic (exact) mass is 761 g/mol. The summed E-state index contributed by atoms with van der Waals surface area (Å²) in [5.41, 5.74) is 24.1. The number of hydrogen-bond donors (Lipinski definition) is 1. The van der Waals surface area contributed by atoms with Crippen LogP contribution in [0, 0.1) is 51.4 Å². The van der Waals surface area contributed by atoms with Crippen molar-refractivity contribution in [3.63, 3.8) is 0 Å². The van der Waals surface area contributed by atoms with E-state index in [1.54, 1.807) is 22.3 Å². The fourth-order valence-corrected chi connectivity index (χ4v) is 12.3. The molecule has 2 N–H and O–H groups in total. The summed E-state index contributed by atoms with van der Waals surface area (Å²) in [5, 5.41) is 0. The number of anilines is 1. The van der Waals surface area contributed by atoms with Gasteiger partial charge in [-0.05, 0) is 171 Å². The number of fused-ring (bicyclic) bond motifs is 8. The lowest BCUT2D eigenvalue weighted by atomic mass is 9.57. The zero-order valence-electron chi connectivity index (χ0n) is 36.3. The maximum atomic E-state index is 6.37. The molecule has 4 aliphatic carbocycles. The van der Waals surface area contributed by atoms with Crippen molar-refractivity contribution in [2.45, 2.75) is 130 Å². The van der Waals surface area contributed by atoms with Crippen LogP contribution in [0.3, 0.4) is 0 Å². The smallest absolute Gasteiger partial charge is 0.0781 e. The first-order valence-corrected chi connectivity index (χ1v) is 22.6. The minimum absolute atomic E-state index is 0.222. The molecular formula is C53H68N4. The van der Waals surface area contributed by atoms with Gasteiger partial charge in [0.1, 0.15) is 0 Å². The summed E-state index contributed by atoms with van der Waals surface area (Å²) >= 11 is 0. The van der Waals surface area contributed by atoms with E-state index < -0.39 is 0 Å². The summed E-state index contributed by atoms with van der Waals surface area (Å²) in [4.78, 5) is 11.1. The Morgan fingerprint density at radius 2 is 1.09 bits per heavy atom. The highest BCUT2D eigenvalue weighted by Crippen LogP contribution is 2.53. The zero-order chi connectivity index (χ0) is 39.8. The van der Waals surface area contributed by atoms with E-state index >= 15 is 0 Å². The van der Waals surface area contributed by atoms with Crippen molar-refractivity contribution in [2.75, 3.05) is 31.9 Å². The highest BCUT2D eigenvalue weighted by molar-refractivity contribution is 6.14. The van der Waals surface area contributed by atoms with Crippen LogP contribution in [0.15, 0.2) is 77.8 Å².